The molecule has 1 spiro atoms. The molecule has 7 rings (SSSR count). The summed E-state index contributed by atoms with van der Waals surface area (Å²) in [6.45, 7) is 0. The number of methoxy groups -OCH3 is 1. The van der Waals surface area contributed by atoms with E-state index in [1.807, 2.05) is 66.9 Å². The zero-order valence-corrected chi connectivity index (χ0v) is 19.7. The number of hydrogen-bond donors (Lipinski definition) is 0. The highest BCUT2D eigenvalue weighted by Crippen LogP contribution is 2.51. The van der Waals surface area contributed by atoms with E-state index >= 15 is 0 Å². The van der Waals surface area contributed by atoms with Crippen molar-refractivity contribution in [2.75, 3.05) is 7.11 Å². The summed E-state index contributed by atoms with van der Waals surface area (Å²) < 4.78 is 7.55. The maximum atomic E-state index is 5.34. The molecule has 172 valence electrons. The van der Waals surface area contributed by atoms with E-state index in [2.05, 4.69) is 53.1 Å². The Labute approximate surface area is 209 Å². The van der Waals surface area contributed by atoms with Crippen LogP contribution in [0.4, 0.5) is 0 Å². The van der Waals surface area contributed by atoms with Gasteiger partial charge in [-0.15, -0.1) is 0 Å². The molecule has 1 aromatic heterocycles. The van der Waals surface area contributed by atoms with Crippen molar-refractivity contribution in [2.45, 2.75) is 5.79 Å². The number of nitrogens with zero attached hydrogens (tertiary/aromatic N) is 4. The van der Waals surface area contributed by atoms with Crippen molar-refractivity contribution >= 4 is 11.9 Å². The third kappa shape index (κ3) is 2.93. The van der Waals surface area contributed by atoms with Gasteiger partial charge in [-0.05, 0) is 24.3 Å². The average molecular weight is 467 g/mol. The number of fused-ring (bicyclic) bond motifs is 5. The highest BCUT2D eigenvalue weighted by atomic mass is 16.5. The van der Waals surface area contributed by atoms with Crippen LogP contribution in [-0.2, 0) is 5.79 Å². The zero-order valence-electron chi connectivity index (χ0n) is 19.7. The Hall–Kier alpha value is -4.77. The summed E-state index contributed by atoms with van der Waals surface area (Å²) in [7, 11) is 1.67. The largest absolute Gasteiger partial charge is 0.497 e. The second-order valence-corrected chi connectivity index (χ2v) is 8.86. The molecular weight excluding hydrogens is 444 g/mol. The summed E-state index contributed by atoms with van der Waals surface area (Å²) in [6, 6.07) is 37.0. The Balaban J connectivity index is 1.52. The quantitative estimate of drug-likeness (QED) is 0.306. The van der Waals surface area contributed by atoms with E-state index in [4.69, 9.17) is 19.7 Å². The molecule has 36 heavy (non-hydrogen) atoms. The van der Waals surface area contributed by atoms with Gasteiger partial charge in [0.15, 0.2) is 0 Å². The van der Waals surface area contributed by atoms with Crippen molar-refractivity contribution in [3.63, 3.8) is 0 Å². The van der Waals surface area contributed by atoms with Gasteiger partial charge in [-0.1, -0.05) is 84.9 Å². The van der Waals surface area contributed by atoms with Crippen LogP contribution in [-0.4, -0.2) is 28.6 Å². The minimum Gasteiger partial charge on any atom is -0.497 e. The molecule has 0 amide bonds. The van der Waals surface area contributed by atoms with Gasteiger partial charge < -0.3 is 4.74 Å². The molecule has 0 radical (unpaired) electrons. The van der Waals surface area contributed by atoms with Crippen LogP contribution in [0.2, 0.25) is 0 Å². The van der Waals surface area contributed by atoms with Gasteiger partial charge >= 0.3 is 0 Å². The van der Waals surface area contributed by atoms with Gasteiger partial charge in [0.2, 0.25) is 0 Å². The fourth-order valence-electron chi connectivity index (χ4n) is 5.17. The molecule has 0 saturated heterocycles. The van der Waals surface area contributed by atoms with Gasteiger partial charge in [-0.2, -0.15) is 0 Å². The number of aliphatic imine (C=N–C) groups is 2. The molecular formula is C31H22N4O. The summed E-state index contributed by atoms with van der Waals surface area (Å²) in [5.41, 5.74) is 7.97. The van der Waals surface area contributed by atoms with Gasteiger partial charge in [0.1, 0.15) is 11.6 Å². The Kier molecular flexibility index (Phi) is 4.51. The topological polar surface area (TPSA) is 51.8 Å². The van der Waals surface area contributed by atoms with Crippen LogP contribution in [0.3, 0.4) is 0 Å². The van der Waals surface area contributed by atoms with Gasteiger partial charge in [0.05, 0.1) is 30.4 Å². The summed E-state index contributed by atoms with van der Waals surface area (Å²) >= 11 is 0. The first kappa shape index (κ1) is 20.6. The number of aromatic nitrogens is 2. The fourth-order valence-corrected chi connectivity index (χ4v) is 5.17. The molecule has 0 N–H and O–H groups in total. The number of benzene rings is 4. The van der Waals surface area contributed by atoms with E-state index in [9.17, 15) is 0 Å². The first-order valence-corrected chi connectivity index (χ1v) is 11.9. The van der Waals surface area contributed by atoms with Crippen LogP contribution in [0.1, 0.15) is 11.1 Å². The molecule has 0 bridgehead atoms. The number of imidazole rings is 1. The Bertz CT molecular complexity index is 1650. The fraction of sp³-hybridized carbons (Fsp3) is 0.0645. The lowest BCUT2D eigenvalue weighted by Gasteiger charge is -2.24. The second-order valence-electron chi connectivity index (χ2n) is 8.86. The normalized spacial score (nSPS) is 17.2. The van der Waals surface area contributed by atoms with Crippen LogP contribution in [0.25, 0.3) is 33.9 Å². The smallest absolute Gasteiger partial charge is 0.261 e. The lowest BCUT2D eigenvalue weighted by molar-refractivity contribution is 0.415. The number of rotatable bonds is 4. The molecule has 0 aliphatic carbocycles. The summed E-state index contributed by atoms with van der Waals surface area (Å²) in [5, 5.41) is 0. The highest BCUT2D eigenvalue weighted by molar-refractivity contribution is 6.39. The van der Waals surface area contributed by atoms with Gasteiger partial charge in [0, 0.05) is 27.8 Å². The molecule has 0 saturated carbocycles. The van der Waals surface area contributed by atoms with Gasteiger partial charge in [0.25, 0.3) is 5.79 Å². The van der Waals surface area contributed by atoms with Crippen LogP contribution in [0, 0.1) is 0 Å². The van der Waals surface area contributed by atoms with Crippen molar-refractivity contribution in [1.29, 1.82) is 0 Å². The van der Waals surface area contributed by atoms with E-state index in [0.717, 1.165) is 56.5 Å². The molecule has 0 fully saturated rings. The van der Waals surface area contributed by atoms with E-state index in [1.54, 1.807) is 7.11 Å². The molecule has 4 aromatic carbocycles. The van der Waals surface area contributed by atoms with Gasteiger partial charge in [-0.3, -0.25) is 4.57 Å². The molecule has 1 atom stereocenters. The molecule has 2 aliphatic rings. The third-order valence-electron chi connectivity index (χ3n) is 6.84. The zero-order chi connectivity index (χ0) is 24.1. The third-order valence-corrected chi connectivity index (χ3v) is 6.84. The van der Waals surface area contributed by atoms with Crippen molar-refractivity contribution in [1.82, 2.24) is 9.55 Å². The molecule has 2 aliphatic heterocycles. The van der Waals surface area contributed by atoms with E-state index in [0.29, 0.717) is 0 Å². The van der Waals surface area contributed by atoms with Crippen molar-refractivity contribution in [3.8, 4) is 39.7 Å². The number of hydrogen-bond acceptors (Lipinski definition) is 4. The lowest BCUT2D eigenvalue weighted by atomic mass is 10.0. The molecule has 5 heteroatoms. The second kappa shape index (κ2) is 7.89. The first-order valence-electron chi connectivity index (χ1n) is 11.9. The molecule has 1 unspecified atom stereocenters. The minimum atomic E-state index is -0.952. The number of ether oxygens (including phenoxy) is 1. The molecule has 5 nitrogen and oxygen atoms in total. The van der Waals surface area contributed by atoms with Crippen LogP contribution >= 0.6 is 0 Å². The average Bonchev–Trinajstić information content (AvgIpc) is 3.64. The monoisotopic (exact) mass is 466 g/mol. The van der Waals surface area contributed by atoms with Crippen molar-refractivity contribution in [2.24, 2.45) is 9.98 Å². The Morgan fingerprint density at radius 2 is 1.36 bits per heavy atom. The summed E-state index contributed by atoms with van der Waals surface area (Å²) in [5.74, 6) is 0.734. The first-order chi connectivity index (χ1) is 17.8. The maximum absolute atomic E-state index is 5.34. The van der Waals surface area contributed by atoms with Gasteiger partial charge in [-0.25, -0.2) is 15.0 Å². The van der Waals surface area contributed by atoms with Crippen LogP contribution in [0.5, 0.6) is 5.75 Å². The summed E-state index contributed by atoms with van der Waals surface area (Å²) in [6.07, 6.45) is 1.88. The Morgan fingerprint density at radius 3 is 2.08 bits per heavy atom. The Morgan fingerprint density at radius 1 is 0.694 bits per heavy atom. The predicted octanol–water partition coefficient (Wildman–Crippen LogP) is 6.44. The highest BCUT2D eigenvalue weighted by Gasteiger charge is 2.48. The molecule has 3 heterocycles. The van der Waals surface area contributed by atoms with E-state index in [1.165, 1.54) is 0 Å². The van der Waals surface area contributed by atoms with E-state index < -0.39 is 5.79 Å². The van der Waals surface area contributed by atoms with E-state index in [-0.39, 0.29) is 0 Å². The molecule has 5 aromatic rings. The van der Waals surface area contributed by atoms with Crippen LogP contribution < -0.4 is 4.74 Å². The summed E-state index contributed by atoms with van der Waals surface area (Å²) in [4.78, 5) is 15.6. The predicted molar refractivity (Wildman–Crippen MR) is 144 cm³/mol. The SMILES string of the molecule is COc1ccc(C2=NC3(N=C2)c2ccccc2-c2nc(-c4ccccc4)c(-c4ccccc4)n23)cc1. The minimum absolute atomic E-state index is 0.811. The van der Waals surface area contributed by atoms with Crippen molar-refractivity contribution < 1.29 is 4.74 Å². The van der Waals surface area contributed by atoms with Crippen LogP contribution in [0.15, 0.2) is 119 Å². The maximum Gasteiger partial charge on any atom is 0.261 e. The van der Waals surface area contributed by atoms with Crippen molar-refractivity contribution in [3.05, 3.63) is 120 Å². The lowest BCUT2D eigenvalue weighted by Crippen LogP contribution is -2.26. The standard InChI is InChI=1S/C31H22N4O/c1-36-24-18-16-21(17-19-24)27-20-32-31(34-27)26-15-9-8-14-25(26)30-33-28(22-10-4-2-5-11-22)29(35(30)31)23-12-6-3-7-13-23/h2-20H,1H3.